The lowest BCUT2D eigenvalue weighted by Gasteiger charge is -2.25. The lowest BCUT2D eigenvalue weighted by atomic mass is 10.0. The van der Waals surface area contributed by atoms with Crippen LogP contribution in [0.1, 0.15) is 24.0 Å². The SMILES string of the molecule is COC(=O)C[C@@H]1C[C@@H](COc2ccc(-c3ccc(C(=N)N)cc3)cc2)N(Cc2ccc(-c3ccccc3)cc2)C1=O.Cl. The maximum absolute atomic E-state index is 13.4. The van der Waals surface area contributed by atoms with E-state index in [0.29, 0.717) is 30.9 Å². The minimum absolute atomic E-state index is 0. The molecule has 0 radical (unpaired) electrons. The number of nitrogens with two attached hydrogens (primary N) is 1. The number of likely N-dealkylation sites (tertiary alicyclic amines) is 1. The van der Waals surface area contributed by atoms with Crippen molar-refractivity contribution in [3.8, 4) is 28.0 Å². The van der Waals surface area contributed by atoms with Crippen molar-refractivity contribution in [3.63, 3.8) is 0 Å². The number of nitrogen functional groups attached to an aromatic ring is 1. The summed E-state index contributed by atoms with van der Waals surface area (Å²) in [6.07, 6.45) is 0.586. The third kappa shape index (κ3) is 7.17. The van der Waals surface area contributed by atoms with Gasteiger partial charge in [0.15, 0.2) is 0 Å². The number of methoxy groups -OCH3 is 1. The number of nitrogens with zero attached hydrogens (tertiary/aromatic N) is 1. The van der Waals surface area contributed by atoms with Crippen molar-refractivity contribution < 1.29 is 19.1 Å². The van der Waals surface area contributed by atoms with Gasteiger partial charge in [-0.25, -0.2) is 0 Å². The quantitative estimate of drug-likeness (QED) is 0.134. The minimum atomic E-state index is -0.431. The third-order valence-electron chi connectivity index (χ3n) is 7.51. The number of hydrogen-bond acceptors (Lipinski definition) is 5. The van der Waals surface area contributed by atoms with Crippen LogP contribution in [-0.4, -0.2) is 42.4 Å². The first-order valence-electron chi connectivity index (χ1n) is 13.6. The second-order valence-corrected chi connectivity index (χ2v) is 10.2. The van der Waals surface area contributed by atoms with Crippen LogP contribution < -0.4 is 10.5 Å². The zero-order valence-corrected chi connectivity index (χ0v) is 24.2. The molecule has 0 unspecified atom stereocenters. The van der Waals surface area contributed by atoms with Gasteiger partial charge in [-0.15, -0.1) is 12.4 Å². The van der Waals surface area contributed by atoms with Crippen LogP contribution in [0.2, 0.25) is 0 Å². The fourth-order valence-electron chi connectivity index (χ4n) is 5.20. The summed E-state index contributed by atoms with van der Waals surface area (Å²) in [5.41, 5.74) is 11.5. The first-order chi connectivity index (χ1) is 19.9. The van der Waals surface area contributed by atoms with Crippen LogP contribution in [0.15, 0.2) is 103 Å². The molecule has 4 aromatic rings. The molecule has 4 aromatic carbocycles. The number of carbonyl (C=O) groups excluding carboxylic acids is 2. The van der Waals surface area contributed by atoms with Gasteiger partial charge in [-0.05, 0) is 46.4 Å². The highest BCUT2D eigenvalue weighted by molar-refractivity contribution is 5.95. The molecule has 0 spiro atoms. The van der Waals surface area contributed by atoms with Gasteiger partial charge >= 0.3 is 5.97 Å². The van der Waals surface area contributed by atoms with Crippen LogP contribution >= 0.6 is 12.4 Å². The molecule has 5 rings (SSSR count). The lowest BCUT2D eigenvalue weighted by Crippen LogP contribution is -2.37. The van der Waals surface area contributed by atoms with E-state index < -0.39 is 5.92 Å². The summed E-state index contributed by atoms with van der Waals surface area (Å²) in [4.78, 5) is 27.2. The first kappa shape index (κ1) is 30.3. The van der Waals surface area contributed by atoms with E-state index in [1.165, 1.54) is 7.11 Å². The predicted octanol–water partition coefficient (Wildman–Crippen LogP) is 6.09. The normalized spacial score (nSPS) is 16.0. The van der Waals surface area contributed by atoms with E-state index in [-0.39, 0.29) is 42.6 Å². The summed E-state index contributed by atoms with van der Waals surface area (Å²) < 4.78 is 11.0. The summed E-state index contributed by atoms with van der Waals surface area (Å²) in [6.45, 7) is 0.757. The number of ether oxygens (including phenoxy) is 2. The molecule has 1 amide bonds. The third-order valence-corrected chi connectivity index (χ3v) is 7.51. The average molecular weight is 584 g/mol. The predicted molar refractivity (Wildman–Crippen MR) is 167 cm³/mol. The average Bonchev–Trinajstić information content (AvgIpc) is 3.30. The van der Waals surface area contributed by atoms with Gasteiger partial charge in [0.1, 0.15) is 18.2 Å². The Morgan fingerprint density at radius 2 is 1.40 bits per heavy atom. The fraction of sp³-hybridized carbons (Fsp3) is 0.206. The van der Waals surface area contributed by atoms with E-state index >= 15 is 0 Å². The van der Waals surface area contributed by atoms with E-state index in [1.807, 2.05) is 83.8 Å². The van der Waals surface area contributed by atoms with Gasteiger partial charge < -0.3 is 20.1 Å². The Bertz CT molecular complexity index is 1510. The molecule has 0 aromatic heterocycles. The topological polar surface area (TPSA) is 106 Å². The molecule has 1 fully saturated rings. The Morgan fingerprint density at radius 1 is 0.857 bits per heavy atom. The standard InChI is InChI=1S/C34H33N3O4.ClH/c1-40-32(38)20-29-19-30(22-41-31-17-15-27(16-18-31)26-11-13-28(14-12-26)33(35)36)37(34(29)39)21-23-7-9-25(10-8-23)24-5-3-2-4-6-24;/h2-18,29-30H,19-22H2,1H3,(H3,35,36);1H/t29-,30-;/m0./s1. The molecule has 0 bridgehead atoms. The highest BCUT2D eigenvalue weighted by atomic mass is 35.5. The van der Waals surface area contributed by atoms with Crippen LogP contribution in [0.4, 0.5) is 0 Å². The Morgan fingerprint density at radius 3 is 1.98 bits per heavy atom. The molecule has 42 heavy (non-hydrogen) atoms. The van der Waals surface area contributed by atoms with E-state index in [2.05, 4.69) is 24.3 Å². The van der Waals surface area contributed by atoms with E-state index in [0.717, 1.165) is 27.8 Å². The van der Waals surface area contributed by atoms with Crippen LogP contribution in [0.25, 0.3) is 22.3 Å². The molecule has 8 heteroatoms. The zero-order chi connectivity index (χ0) is 28.8. The Balaban J connectivity index is 0.00000405. The lowest BCUT2D eigenvalue weighted by molar-refractivity contribution is -0.145. The summed E-state index contributed by atoms with van der Waals surface area (Å²) in [7, 11) is 1.34. The van der Waals surface area contributed by atoms with Gasteiger partial charge in [0, 0.05) is 12.1 Å². The van der Waals surface area contributed by atoms with Gasteiger partial charge in [-0.2, -0.15) is 0 Å². The smallest absolute Gasteiger partial charge is 0.306 e. The number of esters is 1. The minimum Gasteiger partial charge on any atom is -0.491 e. The maximum atomic E-state index is 13.4. The highest BCUT2D eigenvalue weighted by Crippen LogP contribution is 2.31. The largest absolute Gasteiger partial charge is 0.491 e. The van der Waals surface area contributed by atoms with E-state index in [1.54, 1.807) is 0 Å². The summed E-state index contributed by atoms with van der Waals surface area (Å²) in [5.74, 6) is -0.132. The molecular formula is C34H34ClN3O4. The summed E-state index contributed by atoms with van der Waals surface area (Å²) in [6, 6.07) is 33.5. The molecule has 1 saturated heterocycles. The first-order valence-corrected chi connectivity index (χ1v) is 13.6. The summed E-state index contributed by atoms with van der Waals surface area (Å²) in [5, 5.41) is 7.56. The molecule has 2 atom stereocenters. The van der Waals surface area contributed by atoms with Crippen molar-refractivity contribution in [2.75, 3.05) is 13.7 Å². The van der Waals surface area contributed by atoms with Crippen molar-refractivity contribution in [2.24, 2.45) is 11.7 Å². The number of nitrogens with one attached hydrogen (secondary N) is 1. The molecule has 7 nitrogen and oxygen atoms in total. The molecule has 0 saturated carbocycles. The molecular weight excluding hydrogens is 550 g/mol. The maximum Gasteiger partial charge on any atom is 0.306 e. The van der Waals surface area contributed by atoms with Crippen molar-refractivity contribution in [2.45, 2.75) is 25.4 Å². The fourth-order valence-corrected chi connectivity index (χ4v) is 5.20. The number of benzene rings is 4. The van der Waals surface area contributed by atoms with E-state index in [4.69, 9.17) is 20.6 Å². The molecule has 1 heterocycles. The molecule has 216 valence electrons. The van der Waals surface area contributed by atoms with Crippen molar-refractivity contribution in [3.05, 3.63) is 114 Å². The zero-order valence-electron chi connectivity index (χ0n) is 23.4. The Hall–Kier alpha value is -4.62. The Labute approximate surface area is 252 Å². The van der Waals surface area contributed by atoms with Gasteiger partial charge in [0.05, 0.1) is 25.5 Å². The Kier molecular flexibility index (Phi) is 9.99. The highest BCUT2D eigenvalue weighted by Gasteiger charge is 2.40. The van der Waals surface area contributed by atoms with E-state index in [9.17, 15) is 9.59 Å². The second-order valence-electron chi connectivity index (χ2n) is 10.2. The van der Waals surface area contributed by atoms with Crippen molar-refractivity contribution >= 4 is 30.1 Å². The van der Waals surface area contributed by atoms with Crippen molar-refractivity contribution in [1.29, 1.82) is 5.41 Å². The van der Waals surface area contributed by atoms with Crippen molar-refractivity contribution in [1.82, 2.24) is 4.90 Å². The van der Waals surface area contributed by atoms with Gasteiger partial charge in [0.25, 0.3) is 0 Å². The van der Waals surface area contributed by atoms with Gasteiger partial charge in [-0.3, -0.25) is 15.0 Å². The second kappa shape index (κ2) is 13.8. The molecule has 3 N–H and O–H groups in total. The number of amidine groups is 1. The summed E-state index contributed by atoms with van der Waals surface area (Å²) >= 11 is 0. The van der Waals surface area contributed by atoms with Crippen LogP contribution in [0.5, 0.6) is 5.75 Å². The van der Waals surface area contributed by atoms with Crippen LogP contribution in [0.3, 0.4) is 0 Å². The molecule has 1 aliphatic rings. The number of rotatable bonds is 10. The number of carbonyl (C=O) groups is 2. The van der Waals surface area contributed by atoms with Gasteiger partial charge in [0.2, 0.25) is 5.91 Å². The van der Waals surface area contributed by atoms with Crippen LogP contribution in [0, 0.1) is 11.3 Å². The number of amides is 1. The molecule has 0 aliphatic carbocycles. The monoisotopic (exact) mass is 583 g/mol. The molecule has 1 aliphatic heterocycles. The number of halogens is 1. The number of hydrogen-bond donors (Lipinski definition) is 2. The van der Waals surface area contributed by atoms with Crippen LogP contribution in [-0.2, 0) is 20.9 Å². The van der Waals surface area contributed by atoms with Gasteiger partial charge in [-0.1, -0.05) is 91.0 Å².